The zero-order chi connectivity index (χ0) is 16.8. The first kappa shape index (κ1) is 15.1. The zero-order valence-electron chi connectivity index (χ0n) is 12.4. The van der Waals surface area contributed by atoms with E-state index in [1.54, 1.807) is 13.0 Å². The molecule has 0 aliphatic carbocycles. The van der Waals surface area contributed by atoms with Crippen LogP contribution in [-0.2, 0) is 16.9 Å². The van der Waals surface area contributed by atoms with Crippen molar-refractivity contribution in [3.63, 3.8) is 0 Å². The van der Waals surface area contributed by atoms with E-state index >= 15 is 0 Å². The van der Waals surface area contributed by atoms with Gasteiger partial charge in [-0.1, -0.05) is 5.16 Å². The van der Waals surface area contributed by atoms with E-state index in [4.69, 9.17) is 4.52 Å². The molecule has 3 rings (SSSR count). The van der Waals surface area contributed by atoms with Crippen LogP contribution in [0.1, 0.15) is 23.9 Å². The number of urea groups is 1. The van der Waals surface area contributed by atoms with Crippen molar-refractivity contribution in [2.45, 2.75) is 25.9 Å². The van der Waals surface area contributed by atoms with Crippen LogP contribution >= 0.6 is 0 Å². The Morgan fingerprint density at radius 2 is 2.04 bits per heavy atom. The number of aromatic nitrogens is 1. The Kier molecular flexibility index (Phi) is 3.39. The number of carbonyl (C=O) groups excluding carboxylic acids is 2. The highest BCUT2D eigenvalue weighted by Gasteiger charge is 2.50. The van der Waals surface area contributed by atoms with Crippen LogP contribution < -0.4 is 5.32 Å². The van der Waals surface area contributed by atoms with Crippen LogP contribution in [0.25, 0.3) is 0 Å². The number of imide groups is 1. The molecule has 1 saturated heterocycles. The SMILES string of the molecule is Cc1cc(CN2C(=O)N[C@@](C)(c3cc(F)ccc3F)C2=O)on1. The van der Waals surface area contributed by atoms with Gasteiger partial charge in [-0.3, -0.25) is 9.69 Å². The summed E-state index contributed by atoms with van der Waals surface area (Å²) in [6, 6.07) is 3.63. The molecule has 8 heteroatoms. The van der Waals surface area contributed by atoms with Gasteiger partial charge in [0, 0.05) is 11.6 Å². The molecular formula is C15H13F2N3O3. The summed E-state index contributed by atoms with van der Waals surface area (Å²) in [6.07, 6.45) is 0. The van der Waals surface area contributed by atoms with Gasteiger partial charge in [0.15, 0.2) is 5.76 Å². The van der Waals surface area contributed by atoms with E-state index in [2.05, 4.69) is 10.5 Å². The summed E-state index contributed by atoms with van der Waals surface area (Å²) in [5, 5.41) is 6.08. The van der Waals surface area contributed by atoms with Gasteiger partial charge in [-0.25, -0.2) is 13.6 Å². The summed E-state index contributed by atoms with van der Waals surface area (Å²) in [5.41, 5.74) is -1.31. The van der Waals surface area contributed by atoms with Crippen molar-refractivity contribution in [2.75, 3.05) is 0 Å². The predicted octanol–water partition coefficient (Wildman–Crippen LogP) is 2.23. The topological polar surface area (TPSA) is 75.4 Å². The Hall–Kier alpha value is -2.77. The number of benzene rings is 1. The molecule has 3 amide bonds. The van der Waals surface area contributed by atoms with Crippen molar-refractivity contribution in [2.24, 2.45) is 0 Å². The van der Waals surface area contributed by atoms with Crippen molar-refractivity contribution in [1.29, 1.82) is 0 Å². The van der Waals surface area contributed by atoms with Crippen LogP contribution in [-0.4, -0.2) is 22.0 Å². The Morgan fingerprint density at radius 3 is 2.70 bits per heavy atom. The maximum atomic E-state index is 14.0. The first-order valence-electron chi connectivity index (χ1n) is 6.83. The van der Waals surface area contributed by atoms with Gasteiger partial charge < -0.3 is 9.84 Å². The molecule has 0 spiro atoms. The molecule has 0 unspecified atom stereocenters. The van der Waals surface area contributed by atoms with Gasteiger partial charge in [0.05, 0.1) is 12.2 Å². The maximum absolute atomic E-state index is 14.0. The Bertz CT molecular complexity index is 805. The minimum absolute atomic E-state index is 0.141. The van der Waals surface area contributed by atoms with Gasteiger partial charge in [0.1, 0.15) is 17.2 Å². The number of rotatable bonds is 3. The maximum Gasteiger partial charge on any atom is 0.325 e. The fraction of sp³-hybridized carbons (Fsp3) is 0.267. The molecule has 120 valence electrons. The van der Waals surface area contributed by atoms with Crippen LogP contribution in [0.4, 0.5) is 13.6 Å². The molecule has 1 N–H and O–H groups in total. The molecule has 0 saturated carbocycles. The van der Waals surface area contributed by atoms with E-state index in [1.165, 1.54) is 6.92 Å². The lowest BCUT2D eigenvalue weighted by Crippen LogP contribution is -2.41. The molecule has 23 heavy (non-hydrogen) atoms. The summed E-state index contributed by atoms with van der Waals surface area (Å²) >= 11 is 0. The molecule has 0 bridgehead atoms. The summed E-state index contributed by atoms with van der Waals surface area (Å²) in [7, 11) is 0. The third-order valence-corrected chi connectivity index (χ3v) is 3.73. The Labute approximate surface area is 130 Å². The molecule has 1 aromatic carbocycles. The molecule has 6 nitrogen and oxygen atoms in total. The van der Waals surface area contributed by atoms with Gasteiger partial charge in [-0.15, -0.1) is 0 Å². The Morgan fingerprint density at radius 1 is 1.30 bits per heavy atom. The largest absolute Gasteiger partial charge is 0.359 e. The molecule has 2 aromatic rings. The minimum Gasteiger partial charge on any atom is -0.359 e. The van der Waals surface area contributed by atoms with Crippen LogP contribution in [0.15, 0.2) is 28.8 Å². The molecule has 1 atom stereocenters. The van der Waals surface area contributed by atoms with Gasteiger partial charge in [0.25, 0.3) is 5.91 Å². The van der Waals surface area contributed by atoms with Crippen LogP contribution in [0.2, 0.25) is 0 Å². The zero-order valence-corrected chi connectivity index (χ0v) is 12.4. The lowest BCUT2D eigenvalue weighted by Gasteiger charge is -2.22. The number of carbonyl (C=O) groups is 2. The molecule has 1 fully saturated rings. The van der Waals surface area contributed by atoms with Crippen molar-refractivity contribution >= 4 is 11.9 Å². The quantitative estimate of drug-likeness (QED) is 0.880. The first-order chi connectivity index (χ1) is 10.8. The lowest BCUT2D eigenvalue weighted by atomic mass is 9.91. The standard InChI is InChI=1S/C15H13F2N3O3/c1-8-5-10(23-19-8)7-20-13(21)15(2,18-14(20)22)11-6-9(16)3-4-12(11)17/h3-6H,7H2,1-2H3,(H,18,22)/t15-/m0/s1. The number of halogens is 2. The van der Waals surface area contributed by atoms with Gasteiger partial charge in [0.2, 0.25) is 0 Å². The minimum atomic E-state index is -1.68. The van der Waals surface area contributed by atoms with Gasteiger partial charge in [-0.05, 0) is 32.0 Å². The van der Waals surface area contributed by atoms with Crippen LogP contribution in [0.5, 0.6) is 0 Å². The van der Waals surface area contributed by atoms with Crippen LogP contribution in [0.3, 0.4) is 0 Å². The first-order valence-corrected chi connectivity index (χ1v) is 6.83. The van der Waals surface area contributed by atoms with E-state index < -0.39 is 29.1 Å². The fourth-order valence-electron chi connectivity index (χ4n) is 2.55. The third-order valence-electron chi connectivity index (χ3n) is 3.73. The smallest absolute Gasteiger partial charge is 0.325 e. The molecular weight excluding hydrogens is 308 g/mol. The average Bonchev–Trinajstić information content (AvgIpc) is 2.99. The van der Waals surface area contributed by atoms with E-state index in [9.17, 15) is 18.4 Å². The van der Waals surface area contributed by atoms with Crippen molar-refractivity contribution < 1.29 is 22.9 Å². The highest BCUT2D eigenvalue weighted by molar-refractivity contribution is 6.07. The number of nitrogens with one attached hydrogen (secondary N) is 1. The number of hydrogen-bond donors (Lipinski definition) is 1. The number of amides is 3. The van der Waals surface area contributed by atoms with E-state index in [-0.39, 0.29) is 12.1 Å². The normalized spacial score (nSPS) is 21.0. The molecule has 2 heterocycles. The molecule has 1 aromatic heterocycles. The molecule has 1 aliphatic rings. The highest BCUT2D eigenvalue weighted by atomic mass is 19.1. The average molecular weight is 321 g/mol. The summed E-state index contributed by atoms with van der Waals surface area (Å²) in [5.74, 6) is -1.86. The summed E-state index contributed by atoms with van der Waals surface area (Å²) < 4.78 is 32.4. The van der Waals surface area contributed by atoms with Crippen molar-refractivity contribution in [3.05, 3.63) is 52.9 Å². The van der Waals surface area contributed by atoms with Gasteiger partial charge >= 0.3 is 6.03 Å². The summed E-state index contributed by atoms with van der Waals surface area (Å²) in [4.78, 5) is 25.6. The lowest BCUT2D eigenvalue weighted by molar-refractivity contribution is -0.131. The summed E-state index contributed by atoms with van der Waals surface area (Å²) in [6.45, 7) is 2.89. The second-order valence-electron chi connectivity index (χ2n) is 5.51. The predicted molar refractivity (Wildman–Crippen MR) is 74.0 cm³/mol. The third kappa shape index (κ3) is 2.45. The molecule has 1 aliphatic heterocycles. The molecule has 0 radical (unpaired) electrons. The Balaban J connectivity index is 1.95. The number of hydrogen-bond acceptors (Lipinski definition) is 4. The number of aryl methyl sites for hydroxylation is 1. The fourth-order valence-corrected chi connectivity index (χ4v) is 2.55. The van der Waals surface area contributed by atoms with E-state index in [0.717, 1.165) is 23.1 Å². The van der Waals surface area contributed by atoms with E-state index in [1.807, 2.05) is 0 Å². The van der Waals surface area contributed by atoms with Gasteiger partial charge in [-0.2, -0.15) is 0 Å². The highest BCUT2D eigenvalue weighted by Crippen LogP contribution is 2.32. The van der Waals surface area contributed by atoms with Crippen LogP contribution in [0, 0.1) is 18.6 Å². The number of nitrogens with zero attached hydrogens (tertiary/aromatic N) is 2. The monoisotopic (exact) mass is 321 g/mol. The van der Waals surface area contributed by atoms with Crippen molar-refractivity contribution in [1.82, 2.24) is 15.4 Å². The second kappa shape index (κ2) is 5.15. The van der Waals surface area contributed by atoms with E-state index in [0.29, 0.717) is 11.5 Å². The second-order valence-corrected chi connectivity index (χ2v) is 5.51. The van der Waals surface area contributed by atoms with Crippen molar-refractivity contribution in [3.8, 4) is 0 Å².